The first-order valence-electron chi connectivity index (χ1n) is 5.49. The van der Waals surface area contributed by atoms with E-state index in [1.807, 2.05) is 38.1 Å². The van der Waals surface area contributed by atoms with Crippen LogP contribution < -0.4 is 10.5 Å². The van der Waals surface area contributed by atoms with E-state index in [1.54, 1.807) is 0 Å². The van der Waals surface area contributed by atoms with Gasteiger partial charge in [-0.3, -0.25) is 0 Å². The van der Waals surface area contributed by atoms with E-state index < -0.39 is 0 Å². The molecule has 0 saturated heterocycles. The van der Waals surface area contributed by atoms with Gasteiger partial charge in [0.25, 0.3) is 0 Å². The highest BCUT2D eigenvalue weighted by Gasteiger charge is 2.14. The van der Waals surface area contributed by atoms with Crippen molar-refractivity contribution in [2.24, 2.45) is 5.73 Å². The highest BCUT2D eigenvalue weighted by molar-refractivity contribution is 7.05. The minimum absolute atomic E-state index is 0.161. The number of nitrogens with two attached hydrogens (primary N) is 1. The molecule has 0 aliphatic heterocycles. The summed E-state index contributed by atoms with van der Waals surface area (Å²) in [5.74, 6) is 0.864. The van der Waals surface area contributed by atoms with Crippen LogP contribution in [0.3, 0.4) is 0 Å². The van der Waals surface area contributed by atoms with E-state index in [9.17, 15) is 0 Å². The molecule has 0 aliphatic carbocycles. The van der Waals surface area contributed by atoms with Gasteiger partial charge in [0.1, 0.15) is 5.75 Å². The number of nitrogens with zero attached hydrogens (tertiary/aromatic N) is 2. The molecule has 0 radical (unpaired) electrons. The van der Waals surface area contributed by atoms with Crippen LogP contribution >= 0.6 is 11.5 Å². The SMILES string of the molecule is CCOc1ccc(C(N)c2snnc2C)cc1. The number of aryl methyl sites for hydroxylation is 1. The molecule has 0 saturated carbocycles. The first-order chi connectivity index (χ1) is 8.22. The lowest BCUT2D eigenvalue weighted by atomic mass is 10.1. The zero-order valence-electron chi connectivity index (χ0n) is 9.88. The normalized spacial score (nSPS) is 12.4. The minimum Gasteiger partial charge on any atom is -0.494 e. The van der Waals surface area contributed by atoms with Crippen LogP contribution in [0.4, 0.5) is 0 Å². The molecule has 1 heterocycles. The molecule has 0 amide bonds. The summed E-state index contributed by atoms with van der Waals surface area (Å²) in [6, 6.07) is 7.67. The number of aromatic nitrogens is 2. The smallest absolute Gasteiger partial charge is 0.119 e. The van der Waals surface area contributed by atoms with Gasteiger partial charge in [-0.1, -0.05) is 16.6 Å². The Morgan fingerprint density at radius 1 is 1.35 bits per heavy atom. The molecule has 90 valence electrons. The zero-order chi connectivity index (χ0) is 12.3. The number of hydrogen-bond donors (Lipinski definition) is 1. The van der Waals surface area contributed by atoms with Gasteiger partial charge in [0.2, 0.25) is 0 Å². The molecule has 0 bridgehead atoms. The molecule has 2 rings (SSSR count). The Morgan fingerprint density at radius 2 is 2.06 bits per heavy atom. The Kier molecular flexibility index (Phi) is 3.71. The third-order valence-corrected chi connectivity index (χ3v) is 3.43. The third kappa shape index (κ3) is 2.62. The van der Waals surface area contributed by atoms with Crippen LogP contribution in [-0.2, 0) is 0 Å². The zero-order valence-corrected chi connectivity index (χ0v) is 10.7. The van der Waals surface area contributed by atoms with Gasteiger partial charge in [-0.15, -0.1) is 5.10 Å². The minimum atomic E-state index is -0.161. The Morgan fingerprint density at radius 3 is 2.59 bits per heavy atom. The van der Waals surface area contributed by atoms with Crippen molar-refractivity contribution in [2.75, 3.05) is 6.61 Å². The Labute approximate surface area is 105 Å². The lowest BCUT2D eigenvalue weighted by Gasteiger charge is -2.11. The van der Waals surface area contributed by atoms with Crippen LogP contribution in [0.1, 0.15) is 29.1 Å². The second kappa shape index (κ2) is 5.25. The third-order valence-electron chi connectivity index (χ3n) is 2.52. The summed E-state index contributed by atoms with van der Waals surface area (Å²) in [6.07, 6.45) is 0. The topological polar surface area (TPSA) is 61.0 Å². The molecule has 0 fully saturated rings. The molecule has 0 aliphatic rings. The van der Waals surface area contributed by atoms with Crippen molar-refractivity contribution in [1.82, 2.24) is 9.59 Å². The maximum atomic E-state index is 6.18. The highest BCUT2D eigenvalue weighted by atomic mass is 32.1. The molecular formula is C12H15N3OS. The van der Waals surface area contributed by atoms with Gasteiger partial charge in [-0.2, -0.15) is 0 Å². The van der Waals surface area contributed by atoms with E-state index in [0.717, 1.165) is 21.9 Å². The van der Waals surface area contributed by atoms with Gasteiger partial charge in [0.15, 0.2) is 0 Å². The predicted molar refractivity (Wildman–Crippen MR) is 68.3 cm³/mol. The van der Waals surface area contributed by atoms with Crippen LogP contribution in [0.15, 0.2) is 24.3 Å². The Balaban J connectivity index is 2.20. The summed E-state index contributed by atoms with van der Waals surface area (Å²) in [6.45, 7) is 4.56. The largest absolute Gasteiger partial charge is 0.494 e. The van der Waals surface area contributed by atoms with E-state index in [4.69, 9.17) is 10.5 Å². The number of benzene rings is 1. The standard InChI is InChI=1S/C12H15N3OS/c1-3-16-10-6-4-9(5-7-10)11(13)12-8(2)14-15-17-12/h4-7,11H,3,13H2,1-2H3. The van der Waals surface area contributed by atoms with E-state index >= 15 is 0 Å². The fourth-order valence-corrected chi connectivity index (χ4v) is 2.29. The lowest BCUT2D eigenvalue weighted by molar-refractivity contribution is 0.340. The van der Waals surface area contributed by atoms with Gasteiger partial charge in [0.05, 0.1) is 23.2 Å². The fraction of sp³-hybridized carbons (Fsp3) is 0.333. The first kappa shape index (κ1) is 12.0. The summed E-state index contributed by atoms with van der Waals surface area (Å²) in [4.78, 5) is 1.01. The van der Waals surface area contributed by atoms with Crippen molar-refractivity contribution in [3.8, 4) is 5.75 Å². The summed E-state index contributed by atoms with van der Waals surface area (Å²) < 4.78 is 9.29. The molecule has 1 aromatic carbocycles. The van der Waals surface area contributed by atoms with E-state index in [2.05, 4.69) is 9.59 Å². The van der Waals surface area contributed by atoms with E-state index in [-0.39, 0.29) is 6.04 Å². The van der Waals surface area contributed by atoms with Crippen LogP contribution in [-0.4, -0.2) is 16.2 Å². The molecule has 5 heteroatoms. The van der Waals surface area contributed by atoms with Gasteiger partial charge in [-0.05, 0) is 43.1 Å². The van der Waals surface area contributed by atoms with Crippen molar-refractivity contribution >= 4 is 11.5 Å². The van der Waals surface area contributed by atoms with Crippen LogP contribution in [0.5, 0.6) is 5.75 Å². The molecule has 4 nitrogen and oxygen atoms in total. The molecule has 17 heavy (non-hydrogen) atoms. The van der Waals surface area contributed by atoms with Crippen molar-refractivity contribution in [1.29, 1.82) is 0 Å². The molecule has 2 aromatic rings. The Hall–Kier alpha value is -1.46. The summed E-state index contributed by atoms with van der Waals surface area (Å²) in [5, 5.41) is 3.97. The fourth-order valence-electron chi connectivity index (χ4n) is 1.61. The van der Waals surface area contributed by atoms with Crippen LogP contribution in [0.25, 0.3) is 0 Å². The monoisotopic (exact) mass is 249 g/mol. The average Bonchev–Trinajstić information content (AvgIpc) is 2.76. The first-order valence-corrected chi connectivity index (χ1v) is 6.27. The maximum Gasteiger partial charge on any atom is 0.119 e. The molecule has 0 spiro atoms. The van der Waals surface area contributed by atoms with Gasteiger partial charge in [0, 0.05) is 0 Å². The summed E-state index contributed by atoms with van der Waals surface area (Å²) >= 11 is 1.35. The number of rotatable bonds is 4. The predicted octanol–water partition coefficient (Wildman–Crippen LogP) is 2.29. The lowest BCUT2D eigenvalue weighted by Crippen LogP contribution is -2.11. The summed E-state index contributed by atoms with van der Waals surface area (Å²) in [7, 11) is 0. The Bertz CT molecular complexity index is 481. The van der Waals surface area contributed by atoms with Crippen molar-refractivity contribution in [3.63, 3.8) is 0 Å². The number of hydrogen-bond acceptors (Lipinski definition) is 5. The maximum absolute atomic E-state index is 6.18. The van der Waals surface area contributed by atoms with Crippen molar-refractivity contribution in [2.45, 2.75) is 19.9 Å². The molecule has 2 N–H and O–H groups in total. The molecular weight excluding hydrogens is 234 g/mol. The van der Waals surface area contributed by atoms with Crippen molar-refractivity contribution in [3.05, 3.63) is 40.4 Å². The van der Waals surface area contributed by atoms with Crippen molar-refractivity contribution < 1.29 is 4.74 Å². The summed E-state index contributed by atoms with van der Waals surface area (Å²) in [5.41, 5.74) is 8.12. The quantitative estimate of drug-likeness (QED) is 0.903. The second-order valence-electron chi connectivity index (χ2n) is 3.70. The molecule has 1 unspecified atom stereocenters. The molecule has 1 aromatic heterocycles. The second-order valence-corrected chi connectivity index (χ2v) is 4.49. The van der Waals surface area contributed by atoms with E-state index in [0.29, 0.717) is 6.61 Å². The van der Waals surface area contributed by atoms with E-state index in [1.165, 1.54) is 11.5 Å². The molecule has 1 atom stereocenters. The van der Waals surface area contributed by atoms with Gasteiger partial charge < -0.3 is 10.5 Å². The average molecular weight is 249 g/mol. The van der Waals surface area contributed by atoms with Crippen LogP contribution in [0.2, 0.25) is 0 Å². The number of ether oxygens (including phenoxy) is 1. The van der Waals surface area contributed by atoms with Gasteiger partial charge >= 0.3 is 0 Å². The van der Waals surface area contributed by atoms with Crippen LogP contribution in [0, 0.1) is 6.92 Å². The highest BCUT2D eigenvalue weighted by Crippen LogP contribution is 2.25. The van der Waals surface area contributed by atoms with Gasteiger partial charge in [-0.25, -0.2) is 0 Å².